The summed E-state index contributed by atoms with van der Waals surface area (Å²) in [6.07, 6.45) is 1.23. The molecule has 18 heavy (non-hydrogen) atoms. The fraction of sp³-hybridized carbons (Fsp3) is 0.182. The van der Waals surface area contributed by atoms with Crippen LogP contribution in [0.15, 0.2) is 30.6 Å². The van der Waals surface area contributed by atoms with E-state index in [9.17, 15) is 0 Å². The van der Waals surface area contributed by atoms with E-state index in [1.807, 2.05) is 24.3 Å². The normalized spacial score (nSPS) is 16.6. The van der Waals surface area contributed by atoms with Crippen molar-refractivity contribution in [1.82, 2.24) is 14.6 Å². The van der Waals surface area contributed by atoms with Gasteiger partial charge in [0, 0.05) is 0 Å². The number of anilines is 1. The predicted molar refractivity (Wildman–Crippen MR) is 64.6 cm³/mol. The Labute approximate surface area is 103 Å². The van der Waals surface area contributed by atoms with Crippen LogP contribution in [0.2, 0.25) is 0 Å². The zero-order valence-electron chi connectivity index (χ0n) is 9.71. The van der Waals surface area contributed by atoms with Crippen LogP contribution < -0.4 is 21.1 Å². The van der Waals surface area contributed by atoms with E-state index in [1.165, 1.54) is 11.0 Å². The summed E-state index contributed by atoms with van der Waals surface area (Å²) < 4.78 is 6.62. The molecule has 0 fully saturated rings. The highest BCUT2D eigenvalue weighted by atomic mass is 16.5. The number of fused-ring (bicyclic) bond motifs is 1. The van der Waals surface area contributed by atoms with Gasteiger partial charge >= 0.3 is 0 Å². The Morgan fingerprint density at radius 2 is 2.06 bits per heavy atom. The van der Waals surface area contributed by atoms with Gasteiger partial charge in [-0.25, -0.2) is 4.98 Å². The van der Waals surface area contributed by atoms with E-state index in [0.29, 0.717) is 5.95 Å². The summed E-state index contributed by atoms with van der Waals surface area (Å²) in [5.41, 5.74) is 4.25. The van der Waals surface area contributed by atoms with E-state index in [4.69, 9.17) is 10.1 Å². The number of rotatable bonds is 2. The number of nitrogens with one attached hydrogen (secondary N) is 3. The second kappa shape index (κ2) is 4.02. The van der Waals surface area contributed by atoms with E-state index in [2.05, 4.69) is 20.7 Å². The fourth-order valence-corrected chi connectivity index (χ4v) is 1.82. The maximum absolute atomic E-state index is 7.66. The van der Waals surface area contributed by atoms with E-state index < -0.39 is 0 Å². The second-order valence-corrected chi connectivity index (χ2v) is 3.84. The van der Waals surface area contributed by atoms with Gasteiger partial charge in [0.15, 0.2) is 0 Å². The van der Waals surface area contributed by atoms with Crippen LogP contribution in [0, 0.1) is 5.41 Å². The molecule has 7 heteroatoms. The fourth-order valence-electron chi connectivity index (χ4n) is 1.82. The molecule has 0 aliphatic carbocycles. The zero-order valence-corrected chi connectivity index (χ0v) is 9.71. The van der Waals surface area contributed by atoms with E-state index in [-0.39, 0.29) is 11.8 Å². The molecule has 7 nitrogen and oxygen atoms in total. The monoisotopic (exact) mass is 244 g/mol. The lowest BCUT2D eigenvalue weighted by molar-refractivity contribution is 0.414. The van der Waals surface area contributed by atoms with Gasteiger partial charge in [-0.1, -0.05) is 12.1 Å². The summed E-state index contributed by atoms with van der Waals surface area (Å²) in [4.78, 5) is 7.87. The van der Waals surface area contributed by atoms with Crippen LogP contribution in [0.5, 0.6) is 5.75 Å². The summed E-state index contributed by atoms with van der Waals surface area (Å²) in [7, 11) is 1.63. The average molecular weight is 244 g/mol. The standard InChI is InChI=1S/C11H12N6O/c1-18-8-4-2-7(3-5-8)9-15-11-14-6-13-10(12)17(11)16-9/h2-6,9,16H,1H3,(H2,12,13,14,15). The first-order valence-electron chi connectivity index (χ1n) is 5.43. The molecule has 2 heterocycles. The highest BCUT2D eigenvalue weighted by Crippen LogP contribution is 2.22. The third-order valence-electron chi connectivity index (χ3n) is 2.76. The number of hydrogen-bond acceptors (Lipinski definition) is 6. The molecule has 3 rings (SSSR count). The first kappa shape index (κ1) is 10.6. The van der Waals surface area contributed by atoms with Crippen LogP contribution >= 0.6 is 0 Å². The van der Waals surface area contributed by atoms with Gasteiger partial charge in [0.05, 0.1) is 7.11 Å². The SMILES string of the molecule is COc1ccc(C2Nc3ncnc(=N)n3N2)cc1. The number of aromatic nitrogens is 3. The Bertz CT molecular complexity index is 620. The maximum Gasteiger partial charge on any atom is 0.245 e. The van der Waals surface area contributed by atoms with Crippen LogP contribution in [0.4, 0.5) is 5.95 Å². The lowest BCUT2D eigenvalue weighted by Crippen LogP contribution is -2.28. The number of nitrogens with zero attached hydrogens (tertiary/aromatic N) is 3. The zero-order chi connectivity index (χ0) is 12.5. The molecular formula is C11H12N6O. The smallest absolute Gasteiger partial charge is 0.245 e. The molecule has 0 radical (unpaired) electrons. The molecule has 0 spiro atoms. The Kier molecular flexibility index (Phi) is 2.36. The first-order valence-corrected chi connectivity index (χ1v) is 5.43. The Morgan fingerprint density at radius 1 is 1.28 bits per heavy atom. The van der Waals surface area contributed by atoms with Gasteiger partial charge in [-0.3, -0.25) is 10.8 Å². The highest BCUT2D eigenvalue weighted by molar-refractivity contribution is 5.40. The molecule has 0 saturated heterocycles. The van der Waals surface area contributed by atoms with Crippen molar-refractivity contribution in [2.45, 2.75) is 6.17 Å². The molecule has 2 aromatic rings. The Hall–Kier alpha value is -2.57. The van der Waals surface area contributed by atoms with Crippen molar-refractivity contribution in [3.05, 3.63) is 41.8 Å². The van der Waals surface area contributed by atoms with Gasteiger partial charge in [0.2, 0.25) is 11.6 Å². The molecule has 92 valence electrons. The molecule has 1 aliphatic rings. The van der Waals surface area contributed by atoms with Crippen molar-refractivity contribution in [2.24, 2.45) is 0 Å². The average Bonchev–Trinajstić information content (AvgIpc) is 2.84. The van der Waals surface area contributed by atoms with Gasteiger partial charge in [0.1, 0.15) is 18.2 Å². The van der Waals surface area contributed by atoms with Crippen LogP contribution in [0.25, 0.3) is 0 Å². The molecule has 1 atom stereocenters. The molecule has 0 amide bonds. The van der Waals surface area contributed by atoms with Crippen LogP contribution in [-0.4, -0.2) is 21.8 Å². The Balaban J connectivity index is 1.89. The minimum absolute atomic E-state index is 0.114. The molecule has 0 saturated carbocycles. The van der Waals surface area contributed by atoms with Gasteiger partial charge in [-0.05, 0) is 17.7 Å². The summed E-state index contributed by atoms with van der Waals surface area (Å²) in [5, 5.41) is 10.8. The van der Waals surface area contributed by atoms with Crippen molar-refractivity contribution in [1.29, 1.82) is 5.41 Å². The van der Waals surface area contributed by atoms with Crippen LogP contribution in [-0.2, 0) is 0 Å². The van der Waals surface area contributed by atoms with Crippen molar-refractivity contribution in [3.8, 4) is 5.75 Å². The van der Waals surface area contributed by atoms with Crippen molar-refractivity contribution in [2.75, 3.05) is 17.9 Å². The molecule has 1 aromatic heterocycles. The topological polar surface area (TPSA) is 87.8 Å². The van der Waals surface area contributed by atoms with Crippen molar-refractivity contribution < 1.29 is 4.74 Å². The quantitative estimate of drug-likeness (QED) is 0.713. The lowest BCUT2D eigenvalue weighted by atomic mass is 10.2. The number of benzene rings is 1. The predicted octanol–water partition coefficient (Wildman–Crippen LogP) is 0.434. The molecule has 0 bridgehead atoms. The number of hydrogen-bond donors (Lipinski definition) is 3. The van der Waals surface area contributed by atoms with E-state index in [1.54, 1.807) is 7.11 Å². The van der Waals surface area contributed by atoms with Gasteiger partial charge in [-0.2, -0.15) is 9.66 Å². The summed E-state index contributed by atoms with van der Waals surface area (Å²) in [6.45, 7) is 0. The first-order chi connectivity index (χ1) is 8.78. The third-order valence-corrected chi connectivity index (χ3v) is 2.76. The minimum Gasteiger partial charge on any atom is -0.497 e. The maximum atomic E-state index is 7.66. The van der Waals surface area contributed by atoms with Gasteiger partial charge < -0.3 is 10.1 Å². The summed E-state index contributed by atoms with van der Waals surface area (Å²) in [5.74, 6) is 1.39. The van der Waals surface area contributed by atoms with E-state index in [0.717, 1.165) is 11.3 Å². The van der Waals surface area contributed by atoms with Crippen LogP contribution in [0.3, 0.4) is 0 Å². The molecule has 1 unspecified atom stereocenters. The largest absolute Gasteiger partial charge is 0.497 e. The second-order valence-electron chi connectivity index (χ2n) is 3.84. The molecule has 1 aromatic carbocycles. The third kappa shape index (κ3) is 1.65. The lowest BCUT2D eigenvalue weighted by Gasteiger charge is -2.11. The minimum atomic E-state index is -0.128. The Morgan fingerprint density at radius 3 is 2.72 bits per heavy atom. The highest BCUT2D eigenvalue weighted by Gasteiger charge is 2.21. The number of methoxy groups -OCH3 is 1. The molecule has 1 aliphatic heterocycles. The van der Waals surface area contributed by atoms with Gasteiger partial charge in [0.25, 0.3) is 0 Å². The summed E-state index contributed by atoms with van der Waals surface area (Å²) in [6, 6.07) is 7.68. The van der Waals surface area contributed by atoms with E-state index >= 15 is 0 Å². The van der Waals surface area contributed by atoms with Crippen LogP contribution in [0.1, 0.15) is 11.7 Å². The van der Waals surface area contributed by atoms with Crippen molar-refractivity contribution in [3.63, 3.8) is 0 Å². The molecule has 3 N–H and O–H groups in total. The van der Waals surface area contributed by atoms with Gasteiger partial charge in [-0.15, -0.1) is 0 Å². The summed E-state index contributed by atoms with van der Waals surface area (Å²) >= 11 is 0. The number of ether oxygens (including phenoxy) is 1. The molecular weight excluding hydrogens is 232 g/mol. The van der Waals surface area contributed by atoms with Crippen molar-refractivity contribution >= 4 is 5.95 Å².